The summed E-state index contributed by atoms with van der Waals surface area (Å²) in [6.07, 6.45) is 14.6. The molecule has 0 amide bonds. The van der Waals surface area contributed by atoms with E-state index in [0.717, 1.165) is 56.2 Å². The van der Waals surface area contributed by atoms with Gasteiger partial charge in [0.2, 0.25) is 5.76 Å². The van der Waals surface area contributed by atoms with Crippen LogP contribution >= 0.6 is 0 Å². The Morgan fingerprint density at radius 3 is 2.56 bits per heavy atom. The molecule has 6 rings (SSSR count). The lowest BCUT2D eigenvalue weighted by Gasteiger charge is -2.49. The molecule has 1 aromatic rings. The van der Waals surface area contributed by atoms with Crippen molar-refractivity contribution in [1.29, 1.82) is 0 Å². The molecule has 45 heavy (non-hydrogen) atoms. The lowest BCUT2D eigenvalue weighted by Crippen LogP contribution is -2.57. The second-order valence-corrected chi connectivity index (χ2v) is 15.0. The Kier molecular flexibility index (Phi) is 10.1. The standard InChI is InChI=1S/C39H55NO5/c1-24(2)17-18-29-14-9-10-15-30(29)23-33(41)31-21-28(20-27-12-7-6-8-13-27)22-32-35-25(3)37(44-34(35)16-11-19-40(31)32)38-36(43-5)26(4)39(42)45-38/h6-8,12-13,16,24-25,28-33,35,41H,9-11,14-15,17-23H2,1-5H3. The van der Waals surface area contributed by atoms with E-state index in [1.807, 2.05) is 0 Å². The average molecular weight is 618 g/mol. The summed E-state index contributed by atoms with van der Waals surface area (Å²) in [5, 5.41) is 12.2. The number of cyclic esters (lactones) is 1. The summed E-state index contributed by atoms with van der Waals surface area (Å²) in [6, 6.07) is 11.2. The summed E-state index contributed by atoms with van der Waals surface area (Å²) < 4.78 is 18.0. The number of fused-ring (bicyclic) bond motifs is 3. The van der Waals surface area contributed by atoms with E-state index >= 15 is 0 Å². The van der Waals surface area contributed by atoms with Gasteiger partial charge in [-0.2, -0.15) is 0 Å². The Hall–Kier alpha value is -2.57. The quantitative estimate of drug-likeness (QED) is 0.284. The highest BCUT2D eigenvalue weighted by Gasteiger charge is 2.51. The van der Waals surface area contributed by atoms with E-state index in [4.69, 9.17) is 14.2 Å². The van der Waals surface area contributed by atoms with Crippen molar-refractivity contribution in [3.8, 4) is 0 Å². The van der Waals surface area contributed by atoms with E-state index in [1.165, 1.54) is 44.1 Å². The molecule has 1 N–H and O–H groups in total. The van der Waals surface area contributed by atoms with Gasteiger partial charge in [-0.15, -0.1) is 0 Å². The van der Waals surface area contributed by atoms with Gasteiger partial charge in [0.25, 0.3) is 0 Å². The van der Waals surface area contributed by atoms with Gasteiger partial charge in [0.15, 0.2) is 11.5 Å². The molecule has 0 aromatic heterocycles. The first-order valence-electron chi connectivity index (χ1n) is 17.8. The predicted molar refractivity (Wildman–Crippen MR) is 177 cm³/mol. The topological polar surface area (TPSA) is 68.2 Å². The largest absolute Gasteiger partial charge is 0.492 e. The zero-order valence-corrected chi connectivity index (χ0v) is 28.2. The average Bonchev–Trinajstić information content (AvgIpc) is 3.43. The van der Waals surface area contributed by atoms with Crippen molar-refractivity contribution in [3.63, 3.8) is 0 Å². The van der Waals surface area contributed by atoms with Crippen molar-refractivity contribution in [2.24, 2.45) is 35.5 Å². The summed E-state index contributed by atoms with van der Waals surface area (Å²) >= 11 is 0. The molecule has 1 saturated carbocycles. The van der Waals surface area contributed by atoms with E-state index < -0.39 is 0 Å². The van der Waals surface area contributed by atoms with Crippen LogP contribution in [0.5, 0.6) is 0 Å². The molecule has 0 radical (unpaired) electrons. The van der Waals surface area contributed by atoms with Gasteiger partial charge in [0, 0.05) is 30.5 Å². The van der Waals surface area contributed by atoms with E-state index in [1.54, 1.807) is 14.0 Å². The number of hydrogen-bond acceptors (Lipinski definition) is 6. The zero-order valence-electron chi connectivity index (χ0n) is 28.2. The first-order chi connectivity index (χ1) is 21.7. The molecular weight excluding hydrogens is 562 g/mol. The zero-order chi connectivity index (χ0) is 31.7. The van der Waals surface area contributed by atoms with Gasteiger partial charge < -0.3 is 19.3 Å². The summed E-state index contributed by atoms with van der Waals surface area (Å²) in [4.78, 5) is 15.2. The fourth-order valence-corrected chi connectivity index (χ4v) is 9.36. The number of esters is 1. The maximum absolute atomic E-state index is 12.5. The summed E-state index contributed by atoms with van der Waals surface area (Å²) in [7, 11) is 1.58. The third-order valence-electron chi connectivity index (χ3n) is 11.7. The molecule has 0 bridgehead atoms. The minimum absolute atomic E-state index is 0.0210. The highest BCUT2D eigenvalue weighted by molar-refractivity contribution is 5.93. The van der Waals surface area contributed by atoms with Gasteiger partial charge in [-0.1, -0.05) is 83.2 Å². The van der Waals surface area contributed by atoms with Gasteiger partial charge in [-0.05, 0) is 80.8 Å². The maximum Gasteiger partial charge on any atom is 0.343 e. The second-order valence-electron chi connectivity index (χ2n) is 15.0. The van der Waals surface area contributed by atoms with Crippen molar-refractivity contribution in [2.75, 3.05) is 13.7 Å². The summed E-state index contributed by atoms with van der Waals surface area (Å²) in [6.45, 7) is 9.56. The molecule has 4 heterocycles. The monoisotopic (exact) mass is 617 g/mol. The maximum atomic E-state index is 12.5. The van der Waals surface area contributed by atoms with Crippen molar-refractivity contribution in [1.82, 2.24) is 4.90 Å². The van der Waals surface area contributed by atoms with Crippen LogP contribution in [-0.2, 0) is 25.4 Å². The fraction of sp³-hybridized carbons (Fsp3) is 0.667. The van der Waals surface area contributed by atoms with Crippen LogP contribution < -0.4 is 0 Å². The normalized spacial score (nSPS) is 34.5. The first-order valence-corrected chi connectivity index (χ1v) is 17.8. The highest BCUT2D eigenvalue weighted by Crippen LogP contribution is 2.51. The lowest BCUT2D eigenvalue weighted by atomic mass is 9.70. The number of nitrogens with zero attached hydrogens (tertiary/aromatic N) is 1. The van der Waals surface area contributed by atoms with Gasteiger partial charge in [0.05, 0.1) is 18.8 Å². The Morgan fingerprint density at radius 1 is 1.07 bits per heavy atom. The minimum atomic E-state index is -0.369. The highest BCUT2D eigenvalue weighted by atomic mass is 16.6. The van der Waals surface area contributed by atoms with Gasteiger partial charge in [0.1, 0.15) is 5.76 Å². The van der Waals surface area contributed by atoms with Crippen LogP contribution in [0.2, 0.25) is 0 Å². The van der Waals surface area contributed by atoms with Crippen LogP contribution in [0.25, 0.3) is 0 Å². The molecule has 3 fully saturated rings. The van der Waals surface area contributed by atoms with E-state index in [-0.39, 0.29) is 36.0 Å². The number of aliphatic hydroxyl groups is 1. The molecule has 246 valence electrons. The smallest absolute Gasteiger partial charge is 0.343 e. The molecule has 6 nitrogen and oxygen atoms in total. The SMILES string of the molecule is COC1=C(C)C(=O)OC1=C1OC2=CCCN3C(C(O)CC4CCCCC4CCC(C)C)CC(Cc4ccccc4)CC3C2C1C. The molecule has 1 aliphatic carbocycles. The Balaban J connectivity index is 1.29. The molecule has 0 spiro atoms. The number of aliphatic hydroxyl groups excluding tert-OH is 1. The molecule has 8 unspecified atom stereocenters. The molecule has 5 aliphatic rings. The Bertz CT molecular complexity index is 1300. The van der Waals surface area contributed by atoms with Gasteiger partial charge in [-0.3, -0.25) is 4.90 Å². The van der Waals surface area contributed by atoms with Crippen LogP contribution in [-0.4, -0.2) is 47.8 Å². The first kappa shape index (κ1) is 32.4. The molecule has 4 aliphatic heterocycles. The Labute approximate surface area is 270 Å². The molecule has 1 aromatic carbocycles. The van der Waals surface area contributed by atoms with Crippen LogP contribution in [0.4, 0.5) is 0 Å². The van der Waals surface area contributed by atoms with Crippen LogP contribution in [0, 0.1) is 35.5 Å². The molecule has 8 atom stereocenters. The number of ether oxygens (including phenoxy) is 3. The van der Waals surface area contributed by atoms with Gasteiger partial charge >= 0.3 is 5.97 Å². The van der Waals surface area contributed by atoms with Gasteiger partial charge in [-0.25, -0.2) is 4.79 Å². The third kappa shape index (κ3) is 6.79. The number of carbonyl (C=O) groups excluding carboxylic acids is 1. The summed E-state index contributed by atoms with van der Waals surface area (Å²) in [5.74, 6) is 4.96. The van der Waals surface area contributed by atoms with Crippen molar-refractivity contribution in [3.05, 3.63) is 70.6 Å². The predicted octanol–water partition coefficient (Wildman–Crippen LogP) is 7.93. The van der Waals surface area contributed by atoms with E-state index in [2.05, 4.69) is 62.1 Å². The number of hydrogen-bond donors (Lipinski definition) is 1. The van der Waals surface area contributed by atoms with E-state index in [0.29, 0.717) is 34.7 Å². The fourth-order valence-electron chi connectivity index (χ4n) is 9.36. The molecule has 2 saturated heterocycles. The Morgan fingerprint density at radius 2 is 1.82 bits per heavy atom. The van der Waals surface area contributed by atoms with Crippen molar-refractivity contribution < 1.29 is 24.1 Å². The lowest BCUT2D eigenvalue weighted by molar-refractivity contribution is -0.133. The minimum Gasteiger partial charge on any atom is -0.492 e. The summed E-state index contributed by atoms with van der Waals surface area (Å²) in [5.41, 5.74) is 1.85. The molecule has 6 heteroatoms. The number of benzene rings is 1. The number of rotatable bonds is 9. The number of piperidine rings is 1. The second kappa shape index (κ2) is 14.0. The van der Waals surface area contributed by atoms with E-state index in [9.17, 15) is 9.90 Å². The number of methoxy groups -OCH3 is 1. The number of allylic oxidation sites excluding steroid dienone is 1. The van der Waals surface area contributed by atoms with Crippen molar-refractivity contribution >= 4 is 5.97 Å². The van der Waals surface area contributed by atoms with Crippen LogP contribution in [0.1, 0.15) is 97.5 Å². The van der Waals surface area contributed by atoms with Crippen LogP contribution in [0.15, 0.2) is 65.0 Å². The molecular formula is C39H55NO5. The van der Waals surface area contributed by atoms with Crippen LogP contribution in [0.3, 0.4) is 0 Å². The van der Waals surface area contributed by atoms with Crippen molar-refractivity contribution in [2.45, 2.75) is 117 Å². The third-order valence-corrected chi connectivity index (χ3v) is 11.7. The number of carbonyl (C=O) groups is 1.